The van der Waals surface area contributed by atoms with Crippen LogP contribution >= 0.6 is 0 Å². The number of rotatable bonds is 9. The Bertz CT molecular complexity index is 889. The van der Waals surface area contributed by atoms with E-state index < -0.39 is 27.3 Å². The molecule has 0 atom stereocenters. The van der Waals surface area contributed by atoms with E-state index in [0.29, 0.717) is 11.6 Å². The van der Waals surface area contributed by atoms with Gasteiger partial charge in [-0.25, -0.2) is 13.2 Å². The molecule has 2 rings (SSSR count). The van der Waals surface area contributed by atoms with Crippen molar-refractivity contribution < 1.29 is 23.4 Å². The lowest BCUT2D eigenvalue weighted by Crippen LogP contribution is -2.13. The SMILES string of the molecule is CC(C)CCCCc1ccc(NS(=O)(=O)c2ccc(O)c(C(=O)O)c2)cc1. The van der Waals surface area contributed by atoms with E-state index in [1.807, 2.05) is 12.1 Å². The third kappa shape index (κ3) is 5.99. The molecule has 0 spiro atoms. The topological polar surface area (TPSA) is 104 Å². The van der Waals surface area contributed by atoms with Gasteiger partial charge in [-0.3, -0.25) is 4.72 Å². The highest BCUT2D eigenvalue weighted by Crippen LogP contribution is 2.23. The predicted molar refractivity (Wildman–Crippen MR) is 105 cm³/mol. The number of hydrogen-bond acceptors (Lipinski definition) is 4. The molecular formula is C20H25NO5S. The fourth-order valence-corrected chi connectivity index (χ4v) is 3.77. The Balaban J connectivity index is 2.05. The monoisotopic (exact) mass is 391 g/mol. The number of carbonyl (C=O) groups is 1. The number of carboxylic acids is 1. The van der Waals surface area contributed by atoms with Gasteiger partial charge in [0.05, 0.1) is 4.90 Å². The van der Waals surface area contributed by atoms with E-state index in [9.17, 15) is 18.3 Å². The number of hydrogen-bond donors (Lipinski definition) is 3. The second kappa shape index (κ2) is 8.90. The van der Waals surface area contributed by atoms with Gasteiger partial charge in [0.25, 0.3) is 10.0 Å². The fraction of sp³-hybridized carbons (Fsp3) is 0.350. The molecule has 7 heteroatoms. The fourth-order valence-electron chi connectivity index (χ4n) is 2.69. The number of carboxylic acid groups (broad SMARTS) is 1. The molecule has 0 aliphatic carbocycles. The van der Waals surface area contributed by atoms with Gasteiger partial charge >= 0.3 is 5.97 Å². The Kier molecular flexibility index (Phi) is 6.85. The third-order valence-corrected chi connectivity index (χ3v) is 5.59. The van der Waals surface area contributed by atoms with Gasteiger partial charge in [-0.05, 0) is 54.7 Å². The van der Waals surface area contributed by atoms with Crippen LogP contribution in [0.5, 0.6) is 5.75 Å². The van der Waals surface area contributed by atoms with Crippen molar-refractivity contribution in [2.24, 2.45) is 5.92 Å². The van der Waals surface area contributed by atoms with Crippen LogP contribution < -0.4 is 4.72 Å². The smallest absolute Gasteiger partial charge is 0.339 e. The van der Waals surface area contributed by atoms with Gasteiger partial charge in [0, 0.05) is 5.69 Å². The van der Waals surface area contributed by atoms with E-state index >= 15 is 0 Å². The van der Waals surface area contributed by atoms with Gasteiger partial charge in [-0.2, -0.15) is 0 Å². The molecule has 0 saturated heterocycles. The molecule has 0 amide bonds. The van der Waals surface area contributed by atoms with E-state index in [1.165, 1.54) is 12.8 Å². The Hall–Kier alpha value is -2.54. The van der Waals surface area contributed by atoms with Gasteiger partial charge in [-0.15, -0.1) is 0 Å². The first-order chi connectivity index (χ1) is 12.7. The van der Waals surface area contributed by atoms with Crippen molar-refractivity contribution in [2.45, 2.75) is 44.4 Å². The summed E-state index contributed by atoms with van der Waals surface area (Å²) in [6, 6.07) is 10.3. The van der Waals surface area contributed by atoms with Gasteiger partial charge in [0.1, 0.15) is 11.3 Å². The van der Waals surface area contributed by atoms with E-state index in [4.69, 9.17) is 5.11 Å². The van der Waals surface area contributed by atoms with Crippen molar-refractivity contribution >= 4 is 21.7 Å². The van der Waals surface area contributed by atoms with E-state index in [-0.39, 0.29) is 4.90 Å². The molecule has 6 nitrogen and oxygen atoms in total. The first-order valence-electron chi connectivity index (χ1n) is 8.87. The molecule has 0 aromatic heterocycles. The maximum Gasteiger partial charge on any atom is 0.339 e. The summed E-state index contributed by atoms with van der Waals surface area (Å²) in [7, 11) is -3.95. The number of benzene rings is 2. The Morgan fingerprint density at radius 1 is 1.07 bits per heavy atom. The molecule has 0 aliphatic rings. The molecule has 27 heavy (non-hydrogen) atoms. The maximum absolute atomic E-state index is 12.5. The molecule has 0 unspecified atom stereocenters. The van der Waals surface area contributed by atoms with Crippen molar-refractivity contribution in [2.75, 3.05) is 4.72 Å². The molecule has 0 aliphatic heterocycles. The molecule has 0 heterocycles. The van der Waals surface area contributed by atoms with Crippen LogP contribution in [-0.4, -0.2) is 24.6 Å². The summed E-state index contributed by atoms with van der Waals surface area (Å²) in [5.74, 6) is -1.18. The lowest BCUT2D eigenvalue weighted by Gasteiger charge is -2.10. The van der Waals surface area contributed by atoms with Gasteiger partial charge in [0.15, 0.2) is 0 Å². The number of aromatic hydroxyl groups is 1. The molecule has 0 radical (unpaired) electrons. The van der Waals surface area contributed by atoms with Crippen LogP contribution in [0.2, 0.25) is 0 Å². The minimum Gasteiger partial charge on any atom is -0.507 e. The summed E-state index contributed by atoms with van der Waals surface area (Å²) in [6.07, 6.45) is 4.40. The summed E-state index contributed by atoms with van der Waals surface area (Å²) < 4.78 is 27.4. The van der Waals surface area contributed by atoms with Crippen molar-refractivity contribution in [1.29, 1.82) is 0 Å². The Morgan fingerprint density at radius 2 is 1.74 bits per heavy atom. The normalized spacial score (nSPS) is 11.5. The van der Waals surface area contributed by atoms with Crippen LogP contribution in [0.15, 0.2) is 47.4 Å². The van der Waals surface area contributed by atoms with Gasteiger partial charge < -0.3 is 10.2 Å². The highest BCUT2D eigenvalue weighted by molar-refractivity contribution is 7.92. The number of aromatic carboxylic acids is 1. The molecular weight excluding hydrogens is 366 g/mol. The lowest BCUT2D eigenvalue weighted by molar-refractivity contribution is 0.0693. The second-order valence-corrected chi connectivity index (χ2v) is 8.61. The Morgan fingerprint density at radius 3 is 2.33 bits per heavy atom. The molecule has 0 fully saturated rings. The average molecular weight is 391 g/mol. The van der Waals surface area contributed by atoms with Gasteiger partial charge in [0.2, 0.25) is 0 Å². The van der Waals surface area contributed by atoms with Crippen molar-refractivity contribution in [3.8, 4) is 5.75 Å². The first kappa shape index (κ1) is 20.8. The number of nitrogens with one attached hydrogen (secondary N) is 1. The lowest BCUT2D eigenvalue weighted by atomic mass is 10.0. The predicted octanol–water partition coefficient (Wildman–Crippen LogP) is 4.26. The summed E-state index contributed by atoms with van der Waals surface area (Å²) in [5.41, 5.74) is 1.07. The molecule has 3 N–H and O–H groups in total. The zero-order valence-corrected chi connectivity index (χ0v) is 16.3. The minimum absolute atomic E-state index is 0.226. The van der Waals surface area contributed by atoms with E-state index in [1.54, 1.807) is 12.1 Å². The highest BCUT2D eigenvalue weighted by Gasteiger charge is 2.19. The second-order valence-electron chi connectivity index (χ2n) is 6.93. The molecule has 146 valence electrons. The minimum atomic E-state index is -3.95. The standard InChI is InChI=1S/C20H25NO5S/c1-14(2)5-3-4-6-15-7-9-16(10-8-15)21-27(25,26)17-11-12-19(22)18(13-17)20(23)24/h7-14,21-22H,3-6H2,1-2H3,(H,23,24). The van der Waals surface area contributed by atoms with Crippen LogP contribution in [-0.2, 0) is 16.4 Å². The maximum atomic E-state index is 12.5. The van der Waals surface area contributed by atoms with Gasteiger partial charge in [-0.1, -0.05) is 38.8 Å². The summed E-state index contributed by atoms with van der Waals surface area (Å²) in [4.78, 5) is 10.8. The summed E-state index contributed by atoms with van der Waals surface area (Å²) in [6.45, 7) is 4.41. The Labute approximate surface area is 159 Å². The molecule has 0 saturated carbocycles. The van der Waals surface area contributed by atoms with E-state index in [2.05, 4.69) is 18.6 Å². The number of phenols is 1. The van der Waals surface area contributed by atoms with Crippen LogP contribution in [0.25, 0.3) is 0 Å². The van der Waals surface area contributed by atoms with Crippen LogP contribution in [0.4, 0.5) is 5.69 Å². The zero-order valence-electron chi connectivity index (χ0n) is 15.5. The largest absolute Gasteiger partial charge is 0.507 e. The van der Waals surface area contributed by atoms with Crippen LogP contribution in [0, 0.1) is 5.92 Å². The van der Waals surface area contributed by atoms with Crippen molar-refractivity contribution in [3.63, 3.8) is 0 Å². The van der Waals surface area contributed by atoms with Crippen molar-refractivity contribution in [1.82, 2.24) is 0 Å². The third-order valence-electron chi connectivity index (χ3n) is 4.21. The number of anilines is 1. The first-order valence-corrected chi connectivity index (χ1v) is 10.4. The zero-order chi connectivity index (χ0) is 20.0. The molecule has 2 aromatic carbocycles. The highest BCUT2D eigenvalue weighted by atomic mass is 32.2. The molecule has 0 bridgehead atoms. The van der Waals surface area contributed by atoms with E-state index in [0.717, 1.165) is 36.6 Å². The van der Waals surface area contributed by atoms with Crippen LogP contribution in [0.1, 0.15) is 49.0 Å². The number of unbranched alkanes of at least 4 members (excludes halogenated alkanes) is 1. The van der Waals surface area contributed by atoms with Crippen molar-refractivity contribution in [3.05, 3.63) is 53.6 Å². The number of aryl methyl sites for hydroxylation is 1. The summed E-state index contributed by atoms with van der Waals surface area (Å²) >= 11 is 0. The molecule has 2 aromatic rings. The quantitative estimate of drug-likeness (QED) is 0.554. The summed E-state index contributed by atoms with van der Waals surface area (Å²) in [5, 5.41) is 18.5. The average Bonchev–Trinajstić information content (AvgIpc) is 2.59. The number of sulfonamides is 1. The van der Waals surface area contributed by atoms with Crippen LogP contribution in [0.3, 0.4) is 0 Å².